The Morgan fingerprint density at radius 3 is 2.52 bits per heavy atom. The number of anilines is 1. The molecule has 0 unspecified atom stereocenters. The summed E-state index contributed by atoms with van der Waals surface area (Å²) < 4.78 is 12.3. The van der Waals surface area contributed by atoms with Crippen LogP contribution in [0.25, 0.3) is 10.2 Å². The molecule has 1 aromatic heterocycles. The van der Waals surface area contributed by atoms with Crippen LogP contribution in [-0.4, -0.2) is 56.2 Å². The molecule has 1 aliphatic heterocycles. The van der Waals surface area contributed by atoms with Crippen LogP contribution in [0.5, 0.6) is 11.5 Å². The van der Waals surface area contributed by atoms with Gasteiger partial charge in [0, 0.05) is 30.8 Å². The third kappa shape index (κ3) is 4.63. The summed E-state index contributed by atoms with van der Waals surface area (Å²) in [6.07, 6.45) is 0. The van der Waals surface area contributed by atoms with Crippen LogP contribution in [0.3, 0.4) is 0 Å². The molecule has 154 valence electrons. The minimum Gasteiger partial charge on any atom is -0.486 e. The molecule has 0 saturated heterocycles. The Hall–Kier alpha value is -2.35. The number of hydrogen-bond acceptors (Lipinski definition) is 6. The molecular formula is C21H24ClN3O3S. The average Bonchev–Trinajstić information content (AvgIpc) is 3.08. The van der Waals surface area contributed by atoms with E-state index >= 15 is 0 Å². The van der Waals surface area contributed by atoms with Crippen LogP contribution in [0.15, 0.2) is 36.4 Å². The first kappa shape index (κ1) is 21.4. The van der Waals surface area contributed by atoms with E-state index in [1.54, 1.807) is 4.90 Å². The van der Waals surface area contributed by atoms with Gasteiger partial charge >= 0.3 is 0 Å². The number of aromatic nitrogens is 1. The number of rotatable bonds is 5. The first-order chi connectivity index (χ1) is 13.5. The average molecular weight is 434 g/mol. The zero-order chi connectivity index (χ0) is 19.7. The van der Waals surface area contributed by atoms with Crippen molar-refractivity contribution in [3.8, 4) is 11.5 Å². The number of carbonyl (C=O) groups is 1. The molecule has 0 atom stereocenters. The van der Waals surface area contributed by atoms with Crippen molar-refractivity contribution in [3.05, 3.63) is 47.5 Å². The molecule has 8 heteroatoms. The SMILES string of the molecule is Cc1cccc(C(=O)N(CCN(C)C)c2nc3cc4c(cc3s2)OCCO4)c1.Cl. The molecular weight excluding hydrogens is 410 g/mol. The molecule has 0 fully saturated rings. The number of hydrogen-bond donors (Lipinski definition) is 0. The predicted octanol–water partition coefficient (Wildman–Crippen LogP) is 4.01. The lowest BCUT2D eigenvalue weighted by Gasteiger charge is -2.22. The fraction of sp³-hybridized carbons (Fsp3) is 0.333. The van der Waals surface area contributed by atoms with Gasteiger partial charge in [-0.3, -0.25) is 9.69 Å². The van der Waals surface area contributed by atoms with E-state index in [4.69, 9.17) is 14.5 Å². The Bertz CT molecular complexity index is 979. The van der Waals surface area contributed by atoms with Crippen molar-refractivity contribution in [1.82, 2.24) is 9.88 Å². The highest BCUT2D eigenvalue weighted by atomic mass is 35.5. The van der Waals surface area contributed by atoms with Gasteiger partial charge in [-0.25, -0.2) is 4.98 Å². The van der Waals surface area contributed by atoms with Gasteiger partial charge in [-0.2, -0.15) is 0 Å². The number of amides is 1. The Labute approximate surface area is 180 Å². The summed E-state index contributed by atoms with van der Waals surface area (Å²) in [5.41, 5.74) is 2.55. The van der Waals surface area contributed by atoms with Gasteiger partial charge < -0.3 is 14.4 Å². The Morgan fingerprint density at radius 1 is 1.10 bits per heavy atom. The van der Waals surface area contributed by atoms with Crippen molar-refractivity contribution < 1.29 is 14.3 Å². The van der Waals surface area contributed by atoms with E-state index in [-0.39, 0.29) is 18.3 Å². The quantitative estimate of drug-likeness (QED) is 0.608. The molecule has 0 N–H and O–H groups in total. The van der Waals surface area contributed by atoms with Crippen molar-refractivity contribution in [2.45, 2.75) is 6.92 Å². The van der Waals surface area contributed by atoms with Gasteiger partial charge in [0.1, 0.15) is 13.2 Å². The maximum Gasteiger partial charge on any atom is 0.260 e. The second-order valence-electron chi connectivity index (χ2n) is 7.09. The van der Waals surface area contributed by atoms with Crippen molar-refractivity contribution in [2.75, 3.05) is 45.3 Å². The van der Waals surface area contributed by atoms with E-state index in [2.05, 4.69) is 4.90 Å². The molecule has 2 aromatic carbocycles. The van der Waals surface area contributed by atoms with Gasteiger partial charge in [0.15, 0.2) is 16.6 Å². The Balaban J connectivity index is 0.00000240. The van der Waals surface area contributed by atoms with Gasteiger partial charge in [-0.1, -0.05) is 29.0 Å². The summed E-state index contributed by atoms with van der Waals surface area (Å²) in [7, 11) is 3.99. The van der Waals surface area contributed by atoms with Crippen LogP contribution >= 0.6 is 23.7 Å². The van der Waals surface area contributed by atoms with Crippen LogP contribution in [0.4, 0.5) is 5.13 Å². The third-order valence-corrected chi connectivity index (χ3v) is 5.59. The summed E-state index contributed by atoms with van der Waals surface area (Å²) in [5, 5.41) is 0.686. The van der Waals surface area contributed by atoms with E-state index < -0.39 is 0 Å². The minimum atomic E-state index is -0.0399. The highest BCUT2D eigenvalue weighted by molar-refractivity contribution is 7.22. The summed E-state index contributed by atoms with van der Waals surface area (Å²) in [6.45, 7) is 4.38. The molecule has 0 aliphatic carbocycles. The molecule has 0 radical (unpaired) electrons. The van der Waals surface area contributed by atoms with Crippen molar-refractivity contribution in [1.29, 1.82) is 0 Å². The number of fused-ring (bicyclic) bond motifs is 2. The number of ether oxygens (including phenoxy) is 2. The van der Waals surface area contributed by atoms with Crippen LogP contribution in [-0.2, 0) is 0 Å². The third-order valence-electron chi connectivity index (χ3n) is 4.55. The second-order valence-corrected chi connectivity index (χ2v) is 8.10. The Morgan fingerprint density at radius 2 is 1.83 bits per heavy atom. The summed E-state index contributed by atoms with van der Waals surface area (Å²) in [5.74, 6) is 1.40. The first-order valence-electron chi connectivity index (χ1n) is 9.25. The minimum absolute atomic E-state index is 0. The molecule has 0 bridgehead atoms. The highest BCUT2D eigenvalue weighted by Crippen LogP contribution is 2.39. The van der Waals surface area contributed by atoms with Crippen LogP contribution in [0.2, 0.25) is 0 Å². The van der Waals surface area contributed by atoms with Crippen molar-refractivity contribution in [2.24, 2.45) is 0 Å². The number of aryl methyl sites for hydroxylation is 1. The molecule has 6 nitrogen and oxygen atoms in total. The molecule has 29 heavy (non-hydrogen) atoms. The molecule has 0 saturated carbocycles. The molecule has 4 rings (SSSR count). The standard InChI is InChI=1S/C21H23N3O3S.ClH/c1-14-5-4-6-15(11-14)20(25)24(8-7-23(2)3)21-22-16-12-17-18(13-19(16)28-21)27-10-9-26-17;/h4-6,11-13H,7-10H2,1-3H3;1H. The normalized spacial score (nSPS) is 12.7. The summed E-state index contributed by atoms with van der Waals surface area (Å²) >= 11 is 1.50. The summed E-state index contributed by atoms with van der Waals surface area (Å²) in [4.78, 5) is 21.8. The molecule has 1 aliphatic rings. The van der Waals surface area contributed by atoms with E-state index in [1.165, 1.54) is 11.3 Å². The van der Waals surface area contributed by atoms with E-state index in [0.717, 1.165) is 28.1 Å². The lowest BCUT2D eigenvalue weighted by Crippen LogP contribution is -2.36. The van der Waals surface area contributed by atoms with Crippen molar-refractivity contribution in [3.63, 3.8) is 0 Å². The van der Waals surface area contributed by atoms with Gasteiger partial charge in [0.05, 0.1) is 10.2 Å². The topological polar surface area (TPSA) is 54.9 Å². The van der Waals surface area contributed by atoms with Crippen LogP contribution in [0, 0.1) is 6.92 Å². The largest absolute Gasteiger partial charge is 0.486 e. The molecule has 0 spiro atoms. The van der Waals surface area contributed by atoms with Gasteiger partial charge in [-0.15, -0.1) is 12.4 Å². The smallest absolute Gasteiger partial charge is 0.260 e. The zero-order valence-corrected chi connectivity index (χ0v) is 18.3. The molecule has 2 heterocycles. The maximum absolute atomic E-state index is 13.3. The lowest BCUT2D eigenvalue weighted by molar-refractivity contribution is 0.0985. The Kier molecular flexibility index (Phi) is 6.62. The monoisotopic (exact) mass is 433 g/mol. The fourth-order valence-electron chi connectivity index (χ4n) is 3.09. The molecule has 1 amide bonds. The van der Waals surface area contributed by atoms with Crippen molar-refractivity contribution >= 4 is 45.0 Å². The summed E-state index contributed by atoms with van der Waals surface area (Å²) in [6, 6.07) is 11.5. The van der Waals surface area contributed by atoms with E-state index in [1.807, 2.05) is 57.4 Å². The van der Waals surface area contributed by atoms with E-state index in [9.17, 15) is 4.79 Å². The second kappa shape index (κ2) is 8.98. The number of nitrogens with zero attached hydrogens (tertiary/aromatic N) is 3. The van der Waals surface area contributed by atoms with Crippen LogP contribution in [0.1, 0.15) is 15.9 Å². The first-order valence-corrected chi connectivity index (χ1v) is 10.1. The number of halogens is 1. The number of carbonyl (C=O) groups excluding carboxylic acids is 1. The highest BCUT2D eigenvalue weighted by Gasteiger charge is 2.23. The van der Waals surface area contributed by atoms with Gasteiger partial charge in [0.2, 0.25) is 0 Å². The van der Waals surface area contributed by atoms with Crippen LogP contribution < -0.4 is 14.4 Å². The predicted molar refractivity (Wildman–Crippen MR) is 119 cm³/mol. The fourth-order valence-corrected chi connectivity index (χ4v) is 4.09. The number of thiazole rings is 1. The number of likely N-dealkylation sites (N-methyl/N-ethyl adjacent to an activating group) is 1. The van der Waals surface area contributed by atoms with Gasteiger partial charge in [-0.05, 0) is 33.2 Å². The lowest BCUT2D eigenvalue weighted by atomic mass is 10.1. The zero-order valence-electron chi connectivity index (χ0n) is 16.7. The van der Waals surface area contributed by atoms with Gasteiger partial charge in [0.25, 0.3) is 5.91 Å². The maximum atomic E-state index is 13.3. The molecule has 3 aromatic rings. The number of benzene rings is 2. The van der Waals surface area contributed by atoms with E-state index in [0.29, 0.717) is 36.2 Å².